The van der Waals surface area contributed by atoms with Crippen molar-refractivity contribution in [1.29, 1.82) is 5.26 Å². The predicted octanol–water partition coefficient (Wildman–Crippen LogP) is 3.02. The SMILES string of the molecule is N#Cc1cccc(C(=O)N[C@H]2CCN(c3cc(-c4cccs4)[nH]n3)C2)c1. The Morgan fingerprint density at radius 1 is 1.35 bits per heavy atom. The van der Waals surface area contributed by atoms with Crippen molar-refractivity contribution in [2.45, 2.75) is 12.5 Å². The summed E-state index contributed by atoms with van der Waals surface area (Å²) in [4.78, 5) is 15.7. The van der Waals surface area contributed by atoms with Crippen LogP contribution in [0.5, 0.6) is 0 Å². The number of rotatable bonds is 4. The fraction of sp³-hybridized carbons (Fsp3) is 0.211. The largest absolute Gasteiger partial charge is 0.353 e. The molecule has 6 nitrogen and oxygen atoms in total. The van der Waals surface area contributed by atoms with Gasteiger partial charge in [-0.1, -0.05) is 12.1 Å². The highest BCUT2D eigenvalue weighted by atomic mass is 32.1. The smallest absolute Gasteiger partial charge is 0.251 e. The summed E-state index contributed by atoms with van der Waals surface area (Å²) < 4.78 is 0. The van der Waals surface area contributed by atoms with Gasteiger partial charge in [0.15, 0.2) is 5.82 Å². The number of H-pyrrole nitrogens is 1. The number of hydrogen-bond donors (Lipinski definition) is 2. The molecule has 3 aromatic rings. The number of nitrogens with one attached hydrogen (secondary N) is 2. The molecule has 26 heavy (non-hydrogen) atoms. The molecule has 1 fully saturated rings. The molecule has 2 aromatic heterocycles. The van der Waals surface area contributed by atoms with Gasteiger partial charge < -0.3 is 10.2 Å². The first-order valence-electron chi connectivity index (χ1n) is 8.38. The van der Waals surface area contributed by atoms with Crippen LogP contribution < -0.4 is 10.2 Å². The molecule has 0 radical (unpaired) electrons. The van der Waals surface area contributed by atoms with Crippen LogP contribution in [0.3, 0.4) is 0 Å². The molecule has 130 valence electrons. The standard InChI is InChI=1S/C19H17N5OS/c20-11-13-3-1-4-14(9-13)19(25)21-15-6-7-24(12-15)18-10-16(22-23-18)17-5-2-8-26-17/h1-5,8-10,15H,6-7,12H2,(H,21,25)(H,22,23)/t15-/m0/s1. The van der Waals surface area contributed by atoms with Crippen molar-refractivity contribution in [3.8, 4) is 16.6 Å². The van der Waals surface area contributed by atoms with Crippen LogP contribution in [0, 0.1) is 11.3 Å². The number of nitriles is 1. The summed E-state index contributed by atoms with van der Waals surface area (Å²) >= 11 is 1.67. The van der Waals surface area contributed by atoms with Gasteiger partial charge in [-0.15, -0.1) is 11.3 Å². The molecular weight excluding hydrogens is 346 g/mol. The molecule has 1 saturated heterocycles. The number of aromatic nitrogens is 2. The number of carbonyl (C=O) groups excluding carboxylic acids is 1. The van der Waals surface area contributed by atoms with Crippen LogP contribution in [-0.2, 0) is 0 Å². The molecule has 2 N–H and O–H groups in total. The minimum atomic E-state index is -0.143. The van der Waals surface area contributed by atoms with Gasteiger partial charge in [0.2, 0.25) is 0 Å². The molecule has 1 aliphatic rings. The Kier molecular flexibility index (Phi) is 4.42. The maximum atomic E-state index is 12.4. The van der Waals surface area contributed by atoms with Crippen LogP contribution in [0.25, 0.3) is 10.6 Å². The second-order valence-corrected chi connectivity index (χ2v) is 7.16. The molecule has 7 heteroatoms. The fourth-order valence-corrected chi connectivity index (χ4v) is 3.81. The molecule has 0 saturated carbocycles. The lowest BCUT2D eigenvalue weighted by Gasteiger charge is -2.16. The van der Waals surface area contributed by atoms with Gasteiger partial charge in [0.1, 0.15) is 0 Å². The van der Waals surface area contributed by atoms with Gasteiger partial charge in [0, 0.05) is 30.8 Å². The van der Waals surface area contributed by atoms with Crippen LogP contribution in [0.15, 0.2) is 47.8 Å². The average Bonchev–Trinajstić information content (AvgIpc) is 3.41. The van der Waals surface area contributed by atoms with E-state index in [0.717, 1.165) is 35.9 Å². The maximum absolute atomic E-state index is 12.4. The zero-order chi connectivity index (χ0) is 17.9. The lowest BCUT2D eigenvalue weighted by Crippen LogP contribution is -2.37. The van der Waals surface area contributed by atoms with Crippen molar-refractivity contribution in [1.82, 2.24) is 15.5 Å². The molecule has 1 aliphatic heterocycles. The third kappa shape index (κ3) is 3.32. The number of hydrogen-bond acceptors (Lipinski definition) is 5. The highest BCUT2D eigenvalue weighted by Gasteiger charge is 2.26. The van der Waals surface area contributed by atoms with Crippen molar-refractivity contribution in [2.75, 3.05) is 18.0 Å². The van der Waals surface area contributed by atoms with E-state index in [2.05, 4.69) is 32.5 Å². The van der Waals surface area contributed by atoms with Gasteiger partial charge in [-0.25, -0.2) is 0 Å². The molecule has 1 aromatic carbocycles. The Hall–Kier alpha value is -3.11. The summed E-state index contributed by atoms with van der Waals surface area (Å²) in [6.07, 6.45) is 0.866. The van der Waals surface area contributed by atoms with E-state index in [4.69, 9.17) is 5.26 Å². The lowest BCUT2D eigenvalue weighted by molar-refractivity contribution is 0.0940. The summed E-state index contributed by atoms with van der Waals surface area (Å²) in [5.41, 5.74) is 2.02. The zero-order valence-corrected chi connectivity index (χ0v) is 14.8. The van der Waals surface area contributed by atoms with Crippen molar-refractivity contribution < 1.29 is 4.79 Å². The van der Waals surface area contributed by atoms with Crippen molar-refractivity contribution >= 4 is 23.1 Å². The number of aromatic amines is 1. The Morgan fingerprint density at radius 3 is 3.08 bits per heavy atom. The first kappa shape index (κ1) is 16.4. The van der Waals surface area contributed by atoms with Gasteiger partial charge in [0.25, 0.3) is 5.91 Å². The van der Waals surface area contributed by atoms with Crippen molar-refractivity contribution in [3.05, 3.63) is 59.0 Å². The number of benzene rings is 1. The molecule has 0 aliphatic carbocycles. The third-order valence-corrected chi connectivity index (χ3v) is 5.36. The summed E-state index contributed by atoms with van der Waals surface area (Å²) in [7, 11) is 0. The van der Waals surface area contributed by atoms with E-state index >= 15 is 0 Å². The van der Waals surface area contributed by atoms with E-state index in [1.807, 2.05) is 17.5 Å². The molecular formula is C19H17N5OS. The lowest BCUT2D eigenvalue weighted by atomic mass is 10.1. The Morgan fingerprint density at radius 2 is 2.27 bits per heavy atom. The zero-order valence-electron chi connectivity index (χ0n) is 14.0. The minimum absolute atomic E-state index is 0.0649. The molecule has 1 atom stereocenters. The summed E-state index contributed by atoms with van der Waals surface area (Å²) in [6, 6.07) is 15.0. The predicted molar refractivity (Wildman–Crippen MR) is 101 cm³/mol. The summed E-state index contributed by atoms with van der Waals surface area (Å²) in [5.74, 6) is 0.756. The quantitative estimate of drug-likeness (QED) is 0.746. The Balaban J connectivity index is 1.39. The summed E-state index contributed by atoms with van der Waals surface area (Å²) in [5, 5.41) is 21.5. The molecule has 0 spiro atoms. The molecule has 0 bridgehead atoms. The number of anilines is 1. The summed E-state index contributed by atoms with van der Waals surface area (Å²) in [6.45, 7) is 1.57. The highest BCUT2D eigenvalue weighted by molar-refractivity contribution is 7.13. The first-order valence-corrected chi connectivity index (χ1v) is 9.26. The van der Waals surface area contributed by atoms with E-state index in [-0.39, 0.29) is 11.9 Å². The number of carbonyl (C=O) groups is 1. The number of nitrogens with zero attached hydrogens (tertiary/aromatic N) is 3. The minimum Gasteiger partial charge on any atom is -0.353 e. The van der Waals surface area contributed by atoms with E-state index in [1.54, 1.807) is 35.6 Å². The van der Waals surface area contributed by atoms with Crippen LogP contribution in [0.4, 0.5) is 5.82 Å². The average molecular weight is 363 g/mol. The van der Waals surface area contributed by atoms with Gasteiger partial charge in [-0.2, -0.15) is 10.4 Å². The topological polar surface area (TPSA) is 84.8 Å². The van der Waals surface area contributed by atoms with Gasteiger partial charge in [-0.05, 0) is 36.1 Å². The molecule has 1 amide bonds. The van der Waals surface area contributed by atoms with E-state index in [1.165, 1.54) is 0 Å². The van der Waals surface area contributed by atoms with Crippen LogP contribution in [0.2, 0.25) is 0 Å². The Bertz CT molecular complexity index is 956. The second-order valence-electron chi connectivity index (χ2n) is 6.21. The van der Waals surface area contributed by atoms with E-state index in [0.29, 0.717) is 11.1 Å². The number of amides is 1. The highest BCUT2D eigenvalue weighted by Crippen LogP contribution is 2.27. The van der Waals surface area contributed by atoms with Crippen LogP contribution >= 0.6 is 11.3 Å². The second kappa shape index (κ2) is 7.02. The molecule has 3 heterocycles. The Labute approximate surface area is 155 Å². The normalized spacial score (nSPS) is 16.4. The van der Waals surface area contributed by atoms with Crippen molar-refractivity contribution in [2.24, 2.45) is 0 Å². The monoisotopic (exact) mass is 363 g/mol. The number of thiophene rings is 1. The molecule has 4 rings (SSSR count). The van der Waals surface area contributed by atoms with Gasteiger partial charge >= 0.3 is 0 Å². The van der Waals surface area contributed by atoms with Gasteiger partial charge in [0.05, 0.1) is 22.2 Å². The fourth-order valence-electron chi connectivity index (χ4n) is 3.12. The van der Waals surface area contributed by atoms with Crippen LogP contribution in [-0.4, -0.2) is 35.2 Å². The molecule has 0 unspecified atom stereocenters. The maximum Gasteiger partial charge on any atom is 0.251 e. The first-order chi connectivity index (χ1) is 12.7. The van der Waals surface area contributed by atoms with Crippen LogP contribution in [0.1, 0.15) is 22.3 Å². The van der Waals surface area contributed by atoms with E-state index in [9.17, 15) is 4.79 Å². The van der Waals surface area contributed by atoms with E-state index < -0.39 is 0 Å². The van der Waals surface area contributed by atoms with Crippen molar-refractivity contribution in [3.63, 3.8) is 0 Å². The van der Waals surface area contributed by atoms with Gasteiger partial charge in [-0.3, -0.25) is 9.89 Å². The third-order valence-electron chi connectivity index (χ3n) is 4.45.